The molecular formula is C17H29BrN2O5. The average Bonchev–Trinajstić information content (AvgIpc) is 2.43. The summed E-state index contributed by atoms with van der Waals surface area (Å²) < 4.78 is 10.5. The van der Waals surface area contributed by atoms with Gasteiger partial charge in [-0.05, 0) is 33.1 Å². The highest BCUT2D eigenvalue weighted by Crippen LogP contribution is 2.22. The number of piperidine rings is 1. The van der Waals surface area contributed by atoms with Gasteiger partial charge in [-0.1, -0.05) is 29.8 Å². The molecule has 0 aliphatic carbocycles. The van der Waals surface area contributed by atoms with E-state index < -0.39 is 23.8 Å². The summed E-state index contributed by atoms with van der Waals surface area (Å²) in [6.07, 6.45) is -0.350. The maximum atomic E-state index is 12.9. The van der Waals surface area contributed by atoms with Crippen LogP contribution in [0.5, 0.6) is 0 Å². The molecule has 1 rings (SSSR count). The predicted octanol–water partition coefficient (Wildman–Crippen LogP) is 2.46. The lowest BCUT2D eigenvalue weighted by Gasteiger charge is -2.38. The van der Waals surface area contributed by atoms with E-state index in [2.05, 4.69) is 21.2 Å². The number of alkyl carbamates (subject to hydrolysis) is 1. The Morgan fingerprint density at radius 2 is 1.84 bits per heavy atom. The van der Waals surface area contributed by atoms with E-state index in [1.165, 1.54) is 6.92 Å². The Morgan fingerprint density at radius 1 is 1.24 bits per heavy atom. The molecule has 0 radical (unpaired) electrons. The van der Waals surface area contributed by atoms with Crippen LogP contribution in [0.15, 0.2) is 0 Å². The van der Waals surface area contributed by atoms with Crippen LogP contribution < -0.4 is 5.32 Å². The number of amides is 2. The van der Waals surface area contributed by atoms with E-state index in [0.29, 0.717) is 19.5 Å². The van der Waals surface area contributed by atoms with Crippen molar-refractivity contribution < 1.29 is 23.9 Å². The van der Waals surface area contributed by atoms with Gasteiger partial charge in [0.2, 0.25) is 5.91 Å². The molecule has 1 saturated heterocycles. The standard InChI is InChI=1S/C17H29BrN2O5/c1-10(2)14(19-16(23)25-17(4,5)6)15(22)20-8-7-12(18)13(9-20)24-11(3)21/h10,12-14H,7-9H2,1-6H3,(H,19,23). The quantitative estimate of drug-likeness (QED) is 0.557. The SMILES string of the molecule is CC(=O)OC1CN(C(=O)C(NC(=O)OC(C)(C)C)C(C)C)CCC1Br. The number of rotatable bonds is 4. The minimum atomic E-state index is -0.695. The van der Waals surface area contributed by atoms with Gasteiger partial charge in [-0.3, -0.25) is 9.59 Å². The van der Waals surface area contributed by atoms with Crippen LogP contribution in [0.4, 0.5) is 4.79 Å². The zero-order valence-electron chi connectivity index (χ0n) is 15.8. The van der Waals surface area contributed by atoms with Gasteiger partial charge in [0, 0.05) is 13.5 Å². The van der Waals surface area contributed by atoms with Crippen LogP contribution in [0.2, 0.25) is 0 Å². The second-order valence-corrected chi connectivity index (χ2v) is 8.78. The fourth-order valence-electron chi connectivity index (χ4n) is 2.56. The average molecular weight is 421 g/mol. The third-order valence-corrected chi connectivity index (χ3v) is 4.76. The fourth-order valence-corrected chi connectivity index (χ4v) is 3.04. The number of halogens is 1. The Kier molecular flexibility index (Phi) is 7.71. The summed E-state index contributed by atoms with van der Waals surface area (Å²) in [7, 11) is 0. The number of alkyl halides is 1. The molecule has 3 atom stereocenters. The first-order valence-corrected chi connectivity index (χ1v) is 9.42. The molecule has 0 saturated carbocycles. The Bertz CT molecular complexity index is 504. The van der Waals surface area contributed by atoms with Crippen molar-refractivity contribution in [1.29, 1.82) is 0 Å². The summed E-state index contributed by atoms with van der Waals surface area (Å²) in [6, 6.07) is -0.695. The molecule has 144 valence electrons. The van der Waals surface area contributed by atoms with Gasteiger partial charge in [0.05, 0.1) is 11.4 Å². The Hall–Kier alpha value is -1.31. The molecule has 3 unspecified atom stereocenters. The summed E-state index contributed by atoms with van der Waals surface area (Å²) in [5, 5.41) is 2.67. The van der Waals surface area contributed by atoms with E-state index >= 15 is 0 Å². The van der Waals surface area contributed by atoms with Gasteiger partial charge in [0.1, 0.15) is 17.7 Å². The van der Waals surface area contributed by atoms with Crippen molar-refractivity contribution in [3.05, 3.63) is 0 Å². The molecule has 1 N–H and O–H groups in total. The van der Waals surface area contributed by atoms with Gasteiger partial charge >= 0.3 is 12.1 Å². The topological polar surface area (TPSA) is 84.9 Å². The summed E-state index contributed by atoms with van der Waals surface area (Å²) in [5.74, 6) is -0.678. The lowest BCUT2D eigenvalue weighted by molar-refractivity contribution is -0.152. The number of carbonyl (C=O) groups is 3. The lowest BCUT2D eigenvalue weighted by atomic mass is 10.0. The second kappa shape index (κ2) is 8.87. The number of carbonyl (C=O) groups excluding carboxylic acids is 3. The maximum Gasteiger partial charge on any atom is 0.408 e. The normalized spacial score (nSPS) is 22.3. The van der Waals surface area contributed by atoms with E-state index in [1.807, 2.05) is 13.8 Å². The predicted molar refractivity (Wildman–Crippen MR) is 97.5 cm³/mol. The van der Waals surface area contributed by atoms with Crippen molar-refractivity contribution in [1.82, 2.24) is 10.2 Å². The molecule has 1 aliphatic rings. The minimum absolute atomic E-state index is 0.0109. The van der Waals surface area contributed by atoms with Crippen LogP contribution in [0.3, 0.4) is 0 Å². The van der Waals surface area contributed by atoms with E-state index in [1.54, 1.807) is 25.7 Å². The van der Waals surface area contributed by atoms with Crippen LogP contribution >= 0.6 is 15.9 Å². The molecule has 0 aromatic rings. The van der Waals surface area contributed by atoms with Crippen LogP contribution in [0, 0.1) is 5.92 Å². The maximum absolute atomic E-state index is 12.9. The Labute approximate surface area is 157 Å². The molecule has 0 bridgehead atoms. The summed E-state index contributed by atoms with van der Waals surface area (Å²) in [6.45, 7) is 11.2. The molecule has 1 aliphatic heterocycles. The number of nitrogens with one attached hydrogen (secondary N) is 1. The van der Waals surface area contributed by atoms with Crippen molar-refractivity contribution in [2.45, 2.75) is 70.5 Å². The molecule has 1 fully saturated rings. The van der Waals surface area contributed by atoms with Gasteiger partial charge < -0.3 is 19.7 Å². The summed E-state index contributed by atoms with van der Waals surface area (Å²) in [4.78, 5) is 37.8. The molecule has 7 nitrogen and oxygen atoms in total. The lowest BCUT2D eigenvalue weighted by Crippen LogP contribution is -2.56. The number of ether oxygens (including phenoxy) is 2. The monoisotopic (exact) mass is 420 g/mol. The van der Waals surface area contributed by atoms with Crippen molar-refractivity contribution in [3.8, 4) is 0 Å². The largest absolute Gasteiger partial charge is 0.459 e. The smallest absolute Gasteiger partial charge is 0.408 e. The minimum Gasteiger partial charge on any atom is -0.459 e. The zero-order valence-corrected chi connectivity index (χ0v) is 17.4. The first-order chi connectivity index (χ1) is 11.4. The number of nitrogens with zero attached hydrogens (tertiary/aromatic N) is 1. The third kappa shape index (κ3) is 7.22. The molecule has 8 heteroatoms. The Balaban J connectivity index is 2.78. The van der Waals surface area contributed by atoms with E-state index in [0.717, 1.165) is 0 Å². The van der Waals surface area contributed by atoms with E-state index in [-0.39, 0.29) is 22.6 Å². The summed E-state index contributed by atoms with van der Waals surface area (Å²) in [5.41, 5.74) is -0.636. The van der Waals surface area contributed by atoms with Gasteiger partial charge in [-0.15, -0.1) is 0 Å². The van der Waals surface area contributed by atoms with Crippen LogP contribution in [-0.2, 0) is 19.1 Å². The van der Waals surface area contributed by atoms with Gasteiger partial charge in [0.25, 0.3) is 0 Å². The van der Waals surface area contributed by atoms with Crippen molar-refractivity contribution in [2.24, 2.45) is 5.92 Å². The van der Waals surface area contributed by atoms with Gasteiger partial charge in [-0.25, -0.2) is 4.79 Å². The second-order valence-electron chi connectivity index (χ2n) is 7.60. The molecular weight excluding hydrogens is 392 g/mol. The number of likely N-dealkylation sites (tertiary alicyclic amines) is 1. The number of hydrogen-bond donors (Lipinski definition) is 1. The molecule has 1 heterocycles. The van der Waals surface area contributed by atoms with Crippen molar-refractivity contribution >= 4 is 33.9 Å². The van der Waals surface area contributed by atoms with Gasteiger partial charge in [-0.2, -0.15) is 0 Å². The highest BCUT2D eigenvalue weighted by Gasteiger charge is 2.36. The third-order valence-electron chi connectivity index (χ3n) is 3.71. The molecule has 0 spiro atoms. The Morgan fingerprint density at radius 3 is 2.32 bits per heavy atom. The van der Waals surface area contributed by atoms with Gasteiger partial charge in [0.15, 0.2) is 0 Å². The highest BCUT2D eigenvalue weighted by molar-refractivity contribution is 9.09. The van der Waals surface area contributed by atoms with Crippen LogP contribution in [0.1, 0.15) is 48.0 Å². The molecule has 2 amide bonds. The van der Waals surface area contributed by atoms with Crippen LogP contribution in [0.25, 0.3) is 0 Å². The van der Waals surface area contributed by atoms with Crippen LogP contribution in [-0.4, -0.2) is 58.5 Å². The first-order valence-electron chi connectivity index (χ1n) is 8.50. The number of hydrogen-bond acceptors (Lipinski definition) is 5. The molecule has 0 aromatic carbocycles. The highest BCUT2D eigenvalue weighted by atomic mass is 79.9. The van der Waals surface area contributed by atoms with Crippen molar-refractivity contribution in [3.63, 3.8) is 0 Å². The zero-order chi connectivity index (χ0) is 19.4. The first kappa shape index (κ1) is 21.7. The molecule has 25 heavy (non-hydrogen) atoms. The summed E-state index contributed by atoms with van der Waals surface area (Å²) >= 11 is 3.49. The van der Waals surface area contributed by atoms with Crippen molar-refractivity contribution in [2.75, 3.05) is 13.1 Å². The fraction of sp³-hybridized carbons (Fsp3) is 0.824. The van der Waals surface area contributed by atoms with E-state index in [4.69, 9.17) is 9.47 Å². The van der Waals surface area contributed by atoms with E-state index in [9.17, 15) is 14.4 Å². The molecule has 0 aromatic heterocycles. The number of esters is 1.